The van der Waals surface area contributed by atoms with Crippen molar-refractivity contribution in [1.82, 2.24) is 9.80 Å². The molecule has 0 spiro atoms. The fourth-order valence-electron chi connectivity index (χ4n) is 2.51. The third kappa shape index (κ3) is 6.01. The minimum atomic E-state index is -1.02. The van der Waals surface area contributed by atoms with E-state index >= 15 is 0 Å². The highest BCUT2D eigenvalue weighted by Gasteiger charge is 2.33. The molecule has 0 radical (unpaired) electrons. The van der Waals surface area contributed by atoms with Gasteiger partial charge in [0.2, 0.25) is 11.8 Å². The van der Waals surface area contributed by atoms with E-state index in [9.17, 15) is 19.8 Å². The van der Waals surface area contributed by atoms with E-state index in [1.54, 1.807) is 37.5 Å². The molecule has 1 fully saturated rings. The first-order valence-corrected chi connectivity index (χ1v) is 7.41. The molecular weight excluding hydrogens is 272 g/mol. The van der Waals surface area contributed by atoms with Crippen molar-refractivity contribution < 1.29 is 19.8 Å². The molecule has 2 N–H and O–H groups in total. The molecule has 6 heteroatoms. The average molecular weight is 300 g/mol. The van der Waals surface area contributed by atoms with E-state index in [2.05, 4.69) is 0 Å². The summed E-state index contributed by atoms with van der Waals surface area (Å²) >= 11 is 0. The third-order valence-electron chi connectivity index (χ3n) is 3.47. The fourth-order valence-corrected chi connectivity index (χ4v) is 2.51. The molecule has 1 heterocycles. The second-order valence-corrected chi connectivity index (χ2v) is 7.25. The molecule has 1 aliphatic rings. The summed E-state index contributed by atoms with van der Waals surface area (Å²) in [7, 11) is 0. The molecule has 0 aromatic carbocycles. The number of nitrogens with zero attached hydrogens (tertiary/aromatic N) is 2. The highest BCUT2D eigenvalue weighted by atomic mass is 16.3. The summed E-state index contributed by atoms with van der Waals surface area (Å²) in [5.41, 5.74) is -2.04. The number of hydrogen-bond acceptors (Lipinski definition) is 4. The van der Waals surface area contributed by atoms with Crippen LogP contribution in [0.25, 0.3) is 0 Å². The van der Waals surface area contributed by atoms with Gasteiger partial charge < -0.3 is 20.0 Å². The standard InChI is InChI=1S/C15H28N2O4/c1-11-10-16(12(18)8-14(2,3)20)6-7-17(11)13(19)9-15(4,5)21/h11,20-21H,6-10H2,1-5H3/t11-/m0/s1. The van der Waals surface area contributed by atoms with Crippen LogP contribution in [0, 0.1) is 0 Å². The Bertz CT molecular complexity index is 395. The second-order valence-electron chi connectivity index (χ2n) is 7.25. The first-order chi connectivity index (χ1) is 9.39. The molecule has 6 nitrogen and oxygen atoms in total. The quantitative estimate of drug-likeness (QED) is 0.786. The number of carbonyl (C=O) groups excluding carboxylic acids is 2. The summed E-state index contributed by atoms with van der Waals surface area (Å²) < 4.78 is 0. The Morgan fingerprint density at radius 2 is 1.48 bits per heavy atom. The predicted molar refractivity (Wildman–Crippen MR) is 79.6 cm³/mol. The van der Waals surface area contributed by atoms with Crippen LogP contribution in [0.3, 0.4) is 0 Å². The van der Waals surface area contributed by atoms with Gasteiger partial charge in [-0.25, -0.2) is 0 Å². The molecule has 1 atom stereocenters. The maximum absolute atomic E-state index is 12.2. The molecule has 21 heavy (non-hydrogen) atoms. The zero-order valence-corrected chi connectivity index (χ0v) is 13.7. The summed E-state index contributed by atoms with van der Waals surface area (Å²) in [4.78, 5) is 27.6. The maximum Gasteiger partial charge on any atom is 0.225 e. The number of rotatable bonds is 4. The lowest BCUT2D eigenvalue weighted by Crippen LogP contribution is -2.56. The van der Waals surface area contributed by atoms with Gasteiger partial charge in [-0.1, -0.05) is 0 Å². The van der Waals surface area contributed by atoms with Crippen LogP contribution in [-0.4, -0.2) is 68.7 Å². The van der Waals surface area contributed by atoms with Crippen molar-refractivity contribution in [1.29, 1.82) is 0 Å². The Hall–Kier alpha value is -1.14. The van der Waals surface area contributed by atoms with Crippen LogP contribution in [0.1, 0.15) is 47.5 Å². The summed E-state index contributed by atoms with van der Waals surface area (Å²) in [6, 6.07) is -0.0839. The molecular formula is C15H28N2O4. The summed E-state index contributed by atoms with van der Waals surface area (Å²) in [6.07, 6.45) is 0.159. The van der Waals surface area contributed by atoms with Gasteiger partial charge >= 0.3 is 0 Å². The zero-order chi connectivity index (χ0) is 16.4. The van der Waals surface area contributed by atoms with Gasteiger partial charge in [0.25, 0.3) is 0 Å². The van der Waals surface area contributed by atoms with Crippen molar-refractivity contribution in [3.63, 3.8) is 0 Å². The van der Waals surface area contributed by atoms with Crippen molar-refractivity contribution in [2.45, 2.75) is 64.7 Å². The molecule has 2 amide bonds. The minimum Gasteiger partial charge on any atom is -0.390 e. The normalized spacial score (nSPS) is 20.6. The molecule has 1 rings (SSSR count). The van der Waals surface area contributed by atoms with Crippen LogP contribution >= 0.6 is 0 Å². The number of amides is 2. The van der Waals surface area contributed by atoms with Crippen molar-refractivity contribution in [3.05, 3.63) is 0 Å². The van der Waals surface area contributed by atoms with Gasteiger partial charge in [0, 0.05) is 25.7 Å². The molecule has 0 aromatic heterocycles. The van der Waals surface area contributed by atoms with Crippen LogP contribution in [-0.2, 0) is 9.59 Å². The number of hydrogen-bond donors (Lipinski definition) is 2. The van der Waals surface area contributed by atoms with Crippen molar-refractivity contribution >= 4 is 11.8 Å². The van der Waals surface area contributed by atoms with Gasteiger partial charge in [-0.2, -0.15) is 0 Å². The molecule has 0 aromatic rings. The monoisotopic (exact) mass is 300 g/mol. The summed E-state index contributed by atoms with van der Waals surface area (Å²) in [6.45, 7) is 9.73. The van der Waals surface area contributed by atoms with E-state index in [0.29, 0.717) is 19.6 Å². The van der Waals surface area contributed by atoms with Crippen LogP contribution < -0.4 is 0 Å². The maximum atomic E-state index is 12.2. The first kappa shape index (κ1) is 17.9. The Kier molecular flexibility index (Phi) is 5.39. The summed E-state index contributed by atoms with van der Waals surface area (Å²) in [5, 5.41) is 19.4. The van der Waals surface area contributed by atoms with Gasteiger partial charge in [0.1, 0.15) is 0 Å². The number of piperazine rings is 1. The van der Waals surface area contributed by atoms with Gasteiger partial charge in [-0.3, -0.25) is 9.59 Å². The Morgan fingerprint density at radius 3 is 1.90 bits per heavy atom. The Labute approximate surface area is 126 Å². The minimum absolute atomic E-state index is 0.0783. The lowest BCUT2D eigenvalue weighted by atomic mass is 10.0. The van der Waals surface area contributed by atoms with Gasteiger partial charge in [-0.05, 0) is 34.6 Å². The van der Waals surface area contributed by atoms with Gasteiger partial charge in [0.15, 0.2) is 0 Å². The van der Waals surface area contributed by atoms with Crippen molar-refractivity contribution in [3.8, 4) is 0 Å². The number of aliphatic hydroxyl groups is 2. The number of carbonyl (C=O) groups is 2. The predicted octanol–water partition coefficient (Wildman–Crippen LogP) is 0.368. The Balaban J connectivity index is 2.58. The molecule has 1 aliphatic heterocycles. The highest BCUT2D eigenvalue weighted by molar-refractivity contribution is 5.79. The third-order valence-corrected chi connectivity index (χ3v) is 3.47. The van der Waals surface area contributed by atoms with E-state index in [1.165, 1.54) is 0 Å². The fraction of sp³-hybridized carbons (Fsp3) is 0.867. The SMILES string of the molecule is C[C@H]1CN(C(=O)CC(C)(C)O)CCN1C(=O)CC(C)(C)O. The molecule has 0 saturated carbocycles. The largest absolute Gasteiger partial charge is 0.390 e. The molecule has 0 aliphatic carbocycles. The molecule has 0 unspecified atom stereocenters. The zero-order valence-electron chi connectivity index (χ0n) is 13.7. The molecule has 1 saturated heterocycles. The van der Waals surface area contributed by atoms with E-state index in [1.807, 2.05) is 6.92 Å². The van der Waals surface area contributed by atoms with Gasteiger partial charge in [0.05, 0.1) is 24.0 Å². The molecule has 0 bridgehead atoms. The van der Waals surface area contributed by atoms with E-state index in [4.69, 9.17) is 0 Å². The van der Waals surface area contributed by atoms with Crippen LogP contribution in [0.2, 0.25) is 0 Å². The summed E-state index contributed by atoms with van der Waals surface area (Å²) in [5.74, 6) is -0.187. The lowest BCUT2D eigenvalue weighted by Gasteiger charge is -2.41. The first-order valence-electron chi connectivity index (χ1n) is 7.41. The van der Waals surface area contributed by atoms with Crippen LogP contribution in [0.4, 0.5) is 0 Å². The van der Waals surface area contributed by atoms with Gasteiger partial charge in [-0.15, -0.1) is 0 Å². The van der Waals surface area contributed by atoms with E-state index in [0.717, 1.165) is 0 Å². The second kappa shape index (κ2) is 6.32. The molecule has 122 valence electrons. The highest BCUT2D eigenvalue weighted by Crippen LogP contribution is 2.18. The van der Waals surface area contributed by atoms with E-state index < -0.39 is 11.2 Å². The topological polar surface area (TPSA) is 81.1 Å². The smallest absolute Gasteiger partial charge is 0.225 e. The van der Waals surface area contributed by atoms with E-state index in [-0.39, 0.29) is 30.7 Å². The lowest BCUT2D eigenvalue weighted by molar-refractivity contribution is -0.147. The van der Waals surface area contributed by atoms with Crippen LogP contribution in [0.5, 0.6) is 0 Å². The van der Waals surface area contributed by atoms with Crippen molar-refractivity contribution in [2.75, 3.05) is 19.6 Å². The van der Waals surface area contributed by atoms with Crippen molar-refractivity contribution in [2.24, 2.45) is 0 Å². The average Bonchev–Trinajstić information content (AvgIpc) is 2.23. The Morgan fingerprint density at radius 1 is 1.00 bits per heavy atom. The van der Waals surface area contributed by atoms with Crippen LogP contribution in [0.15, 0.2) is 0 Å².